The number of nitrogens with one attached hydrogen (secondary N) is 1. The van der Waals surface area contributed by atoms with Crippen LogP contribution in [0.4, 0.5) is 0 Å². The molecule has 0 spiro atoms. The largest absolute Gasteiger partial charge is 0.314 e. The van der Waals surface area contributed by atoms with Crippen LogP contribution in [0.2, 0.25) is 0 Å². The van der Waals surface area contributed by atoms with Crippen molar-refractivity contribution >= 4 is 0 Å². The molecule has 1 heterocycles. The molecule has 3 heteroatoms. The van der Waals surface area contributed by atoms with Crippen LogP contribution in [0.1, 0.15) is 29.8 Å². The second kappa shape index (κ2) is 3.73. The SMILES string of the molecule is Cc1nn(C)c(C)c1CCNC1CC1. The van der Waals surface area contributed by atoms with E-state index in [9.17, 15) is 0 Å². The van der Waals surface area contributed by atoms with Crippen LogP contribution in [0, 0.1) is 13.8 Å². The first-order valence-corrected chi connectivity index (χ1v) is 5.41. The van der Waals surface area contributed by atoms with Gasteiger partial charge in [0.05, 0.1) is 5.69 Å². The second-order valence-electron chi connectivity index (χ2n) is 4.25. The molecule has 0 amide bonds. The molecule has 0 unspecified atom stereocenters. The van der Waals surface area contributed by atoms with Crippen molar-refractivity contribution in [2.24, 2.45) is 7.05 Å². The summed E-state index contributed by atoms with van der Waals surface area (Å²) in [6.07, 6.45) is 3.85. The molecule has 2 rings (SSSR count). The molecule has 1 saturated carbocycles. The summed E-state index contributed by atoms with van der Waals surface area (Å²) in [5.41, 5.74) is 3.91. The number of hydrogen-bond donors (Lipinski definition) is 1. The number of rotatable bonds is 4. The van der Waals surface area contributed by atoms with E-state index in [0.29, 0.717) is 0 Å². The number of hydrogen-bond acceptors (Lipinski definition) is 2. The predicted octanol–water partition coefficient (Wildman–Crippen LogP) is 1.33. The van der Waals surface area contributed by atoms with Crippen molar-refractivity contribution in [1.29, 1.82) is 0 Å². The molecule has 14 heavy (non-hydrogen) atoms. The van der Waals surface area contributed by atoms with Crippen molar-refractivity contribution in [2.75, 3.05) is 6.54 Å². The Morgan fingerprint density at radius 2 is 2.14 bits per heavy atom. The Balaban J connectivity index is 1.93. The Morgan fingerprint density at radius 3 is 2.64 bits per heavy atom. The fraction of sp³-hybridized carbons (Fsp3) is 0.727. The van der Waals surface area contributed by atoms with Gasteiger partial charge < -0.3 is 5.32 Å². The molecule has 1 aliphatic carbocycles. The molecule has 0 bridgehead atoms. The summed E-state index contributed by atoms with van der Waals surface area (Å²) >= 11 is 0. The smallest absolute Gasteiger partial charge is 0.0628 e. The first kappa shape index (κ1) is 9.71. The number of aryl methyl sites for hydroxylation is 2. The van der Waals surface area contributed by atoms with E-state index in [1.165, 1.54) is 29.8 Å². The maximum absolute atomic E-state index is 4.41. The van der Waals surface area contributed by atoms with Gasteiger partial charge in [0, 0.05) is 18.8 Å². The zero-order chi connectivity index (χ0) is 10.1. The molecule has 1 fully saturated rings. The summed E-state index contributed by atoms with van der Waals surface area (Å²) in [6, 6.07) is 0.812. The lowest BCUT2D eigenvalue weighted by atomic mass is 10.1. The standard InChI is InChI=1S/C11H19N3/c1-8-11(9(2)14(3)13-8)6-7-12-10-4-5-10/h10,12H,4-7H2,1-3H3. The molecule has 1 N–H and O–H groups in total. The zero-order valence-corrected chi connectivity index (χ0v) is 9.30. The minimum absolute atomic E-state index is 0.812. The third kappa shape index (κ3) is 1.98. The molecule has 0 aliphatic heterocycles. The van der Waals surface area contributed by atoms with E-state index in [0.717, 1.165) is 19.0 Å². The van der Waals surface area contributed by atoms with Crippen LogP contribution < -0.4 is 5.32 Å². The highest BCUT2D eigenvalue weighted by Gasteiger charge is 2.20. The van der Waals surface area contributed by atoms with E-state index in [1.54, 1.807) is 0 Å². The Labute approximate surface area is 85.5 Å². The van der Waals surface area contributed by atoms with Crippen molar-refractivity contribution < 1.29 is 0 Å². The fourth-order valence-corrected chi connectivity index (χ4v) is 1.87. The van der Waals surface area contributed by atoms with Crippen LogP contribution >= 0.6 is 0 Å². The minimum Gasteiger partial charge on any atom is -0.314 e. The Morgan fingerprint density at radius 1 is 1.43 bits per heavy atom. The van der Waals surface area contributed by atoms with Gasteiger partial charge in [-0.1, -0.05) is 0 Å². The van der Waals surface area contributed by atoms with E-state index in [4.69, 9.17) is 0 Å². The highest BCUT2D eigenvalue weighted by atomic mass is 15.3. The van der Waals surface area contributed by atoms with E-state index in [2.05, 4.69) is 24.3 Å². The number of nitrogens with zero attached hydrogens (tertiary/aromatic N) is 2. The Kier molecular flexibility index (Phi) is 2.59. The highest BCUT2D eigenvalue weighted by molar-refractivity contribution is 5.24. The van der Waals surface area contributed by atoms with Crippen LogP contribution in [-0.2, 0) is 13.5 Å². The Hall–Kier alpha value is -0.830. The molecule has 78 valence electrons. The molecule has 1 aliphatic rings. The summed E-state index contributed by atoms with van der Waals surface area (Å²) in [6.45, 7) is 5.34. The van der Waals surface area contributed by atoms with E-state index in [1.807, 2.05) is 11.7 Å². The maximum atomic E-state index is 4.41. The van der Waals surface area contributed by atoms with E-state index >= 15 is 0 Å². The normalized spacial score (nSPS) is 16.2. The van der Waals surface area contributed by atoms with Gasteiger partial charge in [-0.3, -0.25) is 4.68 Å². The molecule has 3 nitrogen and oxygen atoms in total. The van der Waals surface area contributed by atoms with Crippen LogP contribution in [0.15, 0.2) is 0 Å². The maximum Gasteiger partial charge on any atom is 0.0628 e. The van der Waals surface area contributed by atoms with Crippen LogP contribution in [0.3, 0.4) is 0 Å². The first-order valence-electron chi connectivity index (χ1n) is 5.41. The monoisotopic (exact) mass is 193 g/mol. The lowest BCUT2D eigenvalue weighted by molar-refractivity contribution is 0.677. The van der Waals surface area contributed by atoms with Crippen LogP contribution in [0.25, 0.3) is 0 Å². The summed E-state index contributed by atoms with van der Waals surface area (Å²) in [7, 11) is 2.01. The number of aromatic nitrogens is 2. The molecule has 0 radical (unpaired) electrons. The quantitative estimate of drug-likeness (QED) is 0.782. The van der Waals surface area contributed by atoms with E-state index in [-0.39, 0.29) is 0 Å². The van der Waals surface area contributed by atoms with Gasteiger partial charge in [-0.15, -0.1) is 0 Å². The third-order valence-electron chi connectivity index (χ3n) is 3.04. The third-order valence-corrected chi connectivity index (χ3v) is 3.04. The van der Waals surface area contributed by atoms with Crippen molar-refractivity contribution in [3.05, 3.63) is 17.0 Å². The Bertz CT molecular complexity index is 324. The topological polar surface area (TPSA) is 29.9 Å². The fourth-order valence-electron chi connectivity index (χ4n) is 1.87. The molecule has 0 atom stereocenters. The molecular formula is C11H19N3. The minimum atomic E-state index is 0.812. The lowest BCUT2D eigenvalue weighted by Gasteiger charge is -2.03. The van der Waals surface area contributed by atoms with Crippen molar-refractivity contribution in [2.45, 2.75) is 39.2 Å². The molecule has 0 saturated heterocycles. The molecule has 0 aromatic carbocycles. The summed E-state index contributed by atoms with van der Waals surface area (Å²) in [4.78, 5) is 0. The average molecular weight is 193 g/mol. The van der Waals surface area contributed by atoms with E-state index < -0.39 is 0 Å². The van der Waals surface area contributed by atoms with Gasteiger partial charge in [0.2, 0.25) is 0 Å². The molecular weight excluding hydrogens is 174 g/mol. The van der Waals surface area contributed by atoms with Crippen LogP contribution in [0.5, 0.6) is 0 Å². The predicted molar refractivity (Wildman–Crippen MR) is 57.4 cm³/mol. The van der Waals surface area contributed by atoms with Gasteiger partial charge in [-0.2, -0.15) is 5.10 Å². The van der Waals surface area contributed by atoms with Gasteiger partial charge in [-0.25, -0.2) is 0 Å². The highest BCUT2D eigenvalue weighted by Crippen LogP contribution is 2.19. The first-order chi connectivity index (χ1) is 6.68. The van der Waals surface area contributed by atoms with Crippen molar-refractivity contribution in [3.8, 4) is 0 Å². The average Bonchev–Trinajstić information content (AvgIpc) is 2.90. The summed E-state index contributed by atoms with van der Waals surface area (Å²) in [5.74, 6) is 0. The van der Waals surface area contributed by atoms with Gasteiger partial charge >= 0.3 is 0 Å². The van der Waals surface area contributed by atoms with Crippen molar-refractivity contribution in [1.82, 2.24) is 15.1 Å². The lowest BCUT2D eigenvalue weighted by Crippen LogP contribution is -2.19. The van der Waals surface area contributed by atoms with Crippen LogP contribution in [-0.4, -0.2) is 22.4 Å². The molecule has 1 aromatic rings. The van der Waals surface area contributed by atoms with Gasteiger partial charge in [0.25, 0.3) is 0 Å². The van der Waals surface area contributed by atoms with Gasteiger partial charge in [0.15, 0.2) is 0 Å². The molecule has 1 aromatic heterocycles. The summed E-state index contributed by atoms with van der Waals surface area (Å²) < 4.78 is 1.97. The zero-order valence-electron chi connectivity index (χ0n) is 9.30. The second-order valence-corrected chi connectivity index (χ2v) is 4.25. The van der Waals surface area contributed by atoms with Gasteiger partial charge in [-0.05, 0) is 45.2 Å². The van der Waals surface area contributed by atoms with Crippen molar-refractivity contribution in [3.63, 3.8) is 0 Å². The van der Waals surface area contributed by atoms with Gasteiger partial charge in [0.1, 0.15) is 0 Å². The summed E-state index contributed by atoms with van der Waals surface area (Å²) in [5, 5.41) is 7.94.